The van der Waals surface area contributed by atoms with E-state index < -0.39 is 5.54 Å². The van der Waals surface area contributed by atoms with Gasteiger partial charge in [-0.05, 0) is 62.1 Å². The second-order valence-corrected chi connectivity index (χ2v) is 9.30. The lowest BCUT2D eigenvalue weighted by Gasteiger charge is -2.34. The van der Waals surface area contributed by atoms with Gasteiger partial charge in [-0.25, -0.2) is 9.69 Å². The van der Waals surface area contributed by atoms with Gasteiger partial charge in [0.2, 0.25) is 0 Å². The van der Waals surface area contributed by atoms with Crippen molar-refractivity contribution in [2.75, 3.05) is 26.4 Å². The van der Waals surface area contributed by atoms with E-state index in [1.165, 1.54) is 4.90 Å². The third kappa shape index (κ3) is 3.43. The lowest BCUT2D eigenvalue weighted by molar-refractivity contribution is -0.134. The number of benzene rings is 1. The van der Waals surface area contributed by atoms with Crippen molar-refractivity contribution in [1.29, 1.82) is 0 Å². The Bertz CT molecular complexity index is 834. The fourth-order valence-corrected chi connectivity index (χ4v) is 5.34. The highest BCUT2D eigenvalue weighted by atomic mass is 16.5. The van der Waals surface area contributed by atoms with Crippen LogP contribution in [0, 0.1) is 5.92 Å². The summed E-state index contributed by atoms with van der Waals surface area (Å²) in [5, 5.41) is 3.04. The van der Waals surface area contributed by atoms with Crippen LogP contribution in [-0.4, -0.2) is 53.7 Å². The van der Waals surface area contributed by atoms with E-state index in [1.807, 2.05) is 6.07 Å². The summed E-state index contributed by atoms with van der Waals surface area (Å²) in [4.78, 5) is 29.7. The summed E-state index contributed by atoms with van der Waals surface area (Å²) in [5.41, 5.74) is 0.485. The highest BCUT2D eigenvalue weighted by Crippen LogP contribution is 2.40. The van der Waals surface area contributed by atoms with Crippen molar-refractivity contribution in [2.24, 2.45) is 5.92 Å². The normalized spacial score (nSPS) is 31.8. The number of likely N-dealkylation sites (tertiary alicyclic amines) is 1. The minimum Gasteiger partial charge on any atom is -0.490 e. The molecule has 1 spiro atoms. The van der Waals surface area contributed by atoms with Gasteiger partial charge in [0, 0.05) is 19.0 Å². The fraction of sp³-hybridized carbons (Fsp3) is 0.652. The number of urea groups is 1. The third-order valence-corrected chi connectivity index (χ3v) is 7.22. The molecule has 3 aliphatic heterocycles. The van der Waals surface area contributed by atoms with E-state index in [9.17, 15) is 9.59 Å². The predicted octanol–water partition coefficient (Wildman–Crippen LogP) is 3.44. The topological polar surface area (TPSA) is 71.1 Å². The number of imide groups is 1. The molecule has 3 amide bonds. The van der Waals surface area contributed by atoms with Crippen molar-refractivity contribution in [3.8, 4) is 11.5 Å². The van der Waals surface area contributed by atoms with Gasteiger partial charge in [0.05, 0.1) is 19.9 Å². The van der Waals surface area contributed by atoms with Crippen LogP contribution in [0.1, 0.15) is 63.5 Å². The summed E-state index contributed by atoms with van der Waals surface area (Å²) in [5.74, 6) is 2.17. The molecule has 3 heterocycles. The van der Waals surface area contributed by atoms with Gasteiger partial charge in [-0.3, -0.25) is 9.69 Å². The lowest BCUT2D eigenvalue weighted by Crippen LogP contribution is -2.50. The predicted molar refractivity (Wildman–Crippen MR) is 111 cm³/mol. The quantitative estimate of drug-likeness (QED) is 0.769. The zero-order valence-corrected chi connectivity index (χ0v) is 17.7. The molecule has 5 rings (SSSR count). The van der Waals surface area contributed by atoms with Crippen molar-refractivity contribution >= 4 is 11.9 Å². The molecule has 7 nitrogen and oxygen atoms in total. The van der Waals surface area contributed by atoms with Gasteiger partial charge in [-0.15, -0.1) is 0 Å². The fourth-order valence-electron chi connectivity index (χ4n) is 5.34. The molecular weight excluding hydrogens is 382 g/mol. The number of amides is 3. The molecule has 0 bridgehead atoms. The second kappa shape index (κ2) is 7.76. The molecule has 1 N–H and O–H groups in total. The summed E-state index contributed by atoms with van der Waals surface area (Å²) in [6, 6.07) is 6.08. The molecule has 1 aromatic carbocycles. The Morgan fingerprint density at radius 1 is 1.07 bits per heavy atom. The van der Waals surface area contributed by atoms with Gasteiger partial charge < -0.3 is 14.8 Å². The molecule has 4 aliphatic rings. The molecule has 1 atom stereocenters. The average molecular weight is 414 g/mol. The van der Waals surface area contributed by atoms with Crippen LogP contribution in [0.3, 0.4) is 0 Å². The monoisotopic (exact) mass is 413 g/mol. The number of ether oxygens (including phenoxy) is 2. The number of carbonyl (C=O) groups is 2. The first-order valence-corrected chi connectivity index (χ1v) is 11.3. The van der Waals surface area contributed by atoms with E-state index in [-0.39, 0.29) is 18.0 Å². The molecule has 162 valence electrons. The second-order valence-electron chi connectivity index (χ2n) is 9.30. The SMILES string of the molecule is CC1CCC2(CC1)NC(=O)N(CN1CCC[C@H]1c1ccc3c(c1)OCCCO3)C2=O. The molecule has 3 fully saturated rings. The Kier molecular flexibility index (Phi) is 5.09. The molecule has 1 aromatic rings. The van der Waals surface area contributed by atoms with Crippen molar-refractivity contribution in [3.05, 3.63) is 23.8 Å². The molecule has 2 saturated heterocycles. The standard InChI is InChI=1S/C23H31N3O4/c1-16-7-9-23(10-8-16)21(27)26(22(28)24-23)15-25-11-2-4-18(25)17-5-6-19-20(14-17)30-13-3-12-29-19/h5-6,14,16,18H,2-4,7-13,15H2,1H3,(H,24,28)/t16?,18-,23?/m0/s1. The minimum atomic E-state index is -0.673. The number of hydrogen-bond donors (Lipinski definition) is 1. The lowest BCUT2D eigenvalue weighted by atomic mass is 9.77. The van der Waals surface area contributed by atoms with Gasteiger partial charge in [0.25, 0.3) is 5.91 Å². The van der Waals surface area contributed by atoms with Crippen molar-refractivity contribution in [1.82, 2.24) is 15.1 Å². The smallest absolute Gasteiger partial charge is 0.326 e. The Morgan fingerprint density at radius 3 is 2.63 bits per heavy atom. The summed E-state index contributed by atoms with van der Waals surface area (Å²) in [7, 11) is 0. The van der Waals surface area contributed by atoms with Crippen LogP contribution in [0.25, 0.3) is 0 Å². The van der Waals surface area contributed by atoms with Crippen LogP contribution in [-0.2, 0) is 4.79 Å². The zero-order chi connectivity index (χ0) is 20.7. The third-order valence-electron chi connectivity index (χ3n) is 7.22. The van der Waals surface area contributed by atoms with Crippen molar-refractivity contribution in [2.45, 2.75) is 63.5 Å². The van der Waals surface area contributed by atoms with Crippen molar-refractivity contribution < 1.29 is 19.1 Å². The molecule has 1 saturated carbocycles. The van der Waals surface area contributed by atoms with E-state index in [2.05, 4.69) is 29.3 Å². The number of hydrogen-bond acceptors (Lipinski definition) is 5. The minimum absolute atomic E-state index is 0.0382. The van der Waals surface area contributed by atoms with Crippen molar-refractivity contribution in [3.63, 3.8) is 0 Å². The van der Waals surface area contributed by atoms with Crippen LogP contribution in [0.4, 0.5) is 4.79 Å². The maximum absolute atomic E-state index is 13.2. The number of nitrogens with zero attached hydrogens (tertiary/aromatic N) is 2. The largest absolute Gasteiger partial charge is 0.490 e. The number of carbonyl (C=O) groups excluding carboxylic acids is 2. The first-order valence-electron chi connectivity index (χ1n) is 11.3. The Morgan fingerprint density at radius 2 is 1.83 bits per heavy atom. The molecule has 7 heteroatoms. The first kappa shape index (κ1) is 19.7. The Hall–Kier alpha value is -2.28. The van der Waals surface area contributed by atoms with E-state index in [1.54, 1.807) is 0 Å². The number of rotatable bonds is 3. The van der Waals surface area contributed by atoms with Crippen LogP contribution >= 0.6 is 0 Å². The number of fused-ring (bicyclic) bond motifs is 1. The molecular formula is C23H31N3O4. The molecule has 0 unspecified atom stereocenters. The first-order chi connectivity index (χ1) is 14.6. The highest BCUT2D eigenvalue weighted by Gasteiger charge is 2.52. The van der Waals surface area contributed by atoms with Crippen LogP contribution in [0.5, 0.6) is 11.5 Å². The van der Waals surface area contributed by atoms with Gasteiger partial charge >= 0.3 is 6.03 Å². The van der Waals surface area contributed by atoms with Crippen LogP contribution < -0.4 is 14.8 Å². The van der Waals surface area contributed by atoms with Gasteiger partial charge in [0.1, 0.15) is 5.54 Å². The maximum atomic E-state index is 13.2. The van der Waals surface area contributed by atoms with Gasteiger partial charge in [-0.1, -0.05) is 13.0 Å². The molecule has 0 aromatic heterocycles. The van der Waals surface area contributed by atoms with E-state index in [4.69, 9.17) is 9.47 Å². The summed E-state index contributed by atoms with van der Waals surface area (Å²) in [6.07, 6.45) is 6.41. The zero-order valence-electron chi connectivity index (χ0n) is 17.7. The van der Waals surface area contributed by atoms with E-state index in [0.29, 0.717) is 25.8 Å². The number of nitrogens with one attached hydrogen (secondary N) is 1. The summed E-state index contributed by atoms with van der Waals surface area (Å²) in [6.45, 7) is 4.78. The average Bonchev–Trinajstić information content (AvgIpc) is 3.19. The van der Waals surface area contributed by atoms with Gasteiger partial charge in [0.15, 0.2) is 11.5 Å². The highest BCUT2D eigenvalue weighted by molar-refractivity contribution is 6.07. The Labute approximate surface area is 177 Å². The van der Waals surface area contributed by atoms with Gasteiger partial charge in [-0.2, -0.15) is 0 Å². The molecule has 0 radical (unpaired) electrons. The summed E-state index contributed by atoms with van der Waals surface area (Å²) >= 11 is 0. The molecule has 30 heavy (non-hydrogen) atoms. The van der Waals surface area contributed by atoms with E-state index in [0.717, 1.165) is 68.6 Å². The Balaban J connectivity index is 1.32. The maximum Gasteiger partial charge on any atom is 0.326 e. The van der Waals surface area contributed by atoms with Crippen LogP contribution in [0.15, 0.2) is 18.2 Å². The van der Waals surface area contributed by atoms with Crippen LogP contribution in [0.2, 0.25) is 0 Å². The summed E-state index contributed by atoms with van der Waals surface area (Å²) < 4.78 is 11.6. The molecule has 1 aliphatic carbocycles. The van der Waals surface area contributed by atoms with E-state index >= 15 is 0 Å².